The van der Waals surface area contributed by atoms with Gasteiger partial charge in [0.15, 0.2) is 0 Å². The highest BCUT2D eigenvalue weighted by Gasteiger charge is 2.22. The maximum atomic E-state index is 11.4. The standard InChI is InChI=1S/C14H25NO3/c1-3-18-14(17)7-5-4-6-9-15-10-8-13(16)12(2)11-15/h12H,3-11H2,1-2H3. The smallest absolute Gasteiger partial charge is 0.305 e. The number of esters is 1. The van der Waals surface area contributed by atoms with Gasteiger partial charge in [-0.15, -0.1) is 0 Å². The first-order valence-corrected chi connectivity index (χ1v) is 7.04. The number of rotatable bonds is 7. The van der Waals surface area contributed by atoms with Crippen molar-refractivity contribution < 1.29 is 14.3 Å². The minimum atomic E-state index is -0.0882. The lowest BCUT2D eigenvalue weighted by Gasteiger charge is -2.29. The van der Waals surface area contributed by atoms with Gasteiger partial charge in [-0.3, -0.25) is 9.59 Å². The molecule has 104 valence electrons. The zero-order valence-corrected chi connectivity index (χ0v) is 11.6. The molecule has 0 bridgehead atoms. The van der Waals surface area contributed by atoms with Crippen LogP contribution in [0, 0.1) is 5.92 Å². The van der Waals surface area contributed by atoms with Crippen molar-refractivity contribution in [2.75, 3.05) is 26.2 Å². The van der Waals surface area contributed by atoms with E-state index < -0.39 is 0 Å². The van der Waals surface area contributed by atoms with Crippen LogP contribution in [0.5, 0.6) is 0 Å². The number of carbonyl (C=O) groups is 2. The van der Waals surface area contributed by atoms with Crippen molar-refractivity contribution in [3.05, 3.63) is 0 Å². The molecule has 0 aromatic rings. The number of hydrogen-bond acceptors (Lipinski definition) is 4. The van der Waals surface area contributed by atoms with Crippen LogP contribution in [0.15, 0.2) is 0 Å². The molecule has 0 radical (unpaired) electrons. The molecule has 1 saturated heterocycles. The van der Waals surface area contributed by atoms with Crippen molar-refractivity contribution in [2.45, 2.75) is 46.0 Å². The first-order valence-electron chi connectivity index (χ1n) is 7.04. The predicted molar refractivity (Wildman–Crippen MR) is 70.3 cm³/mol. The van der Waals surface area contributed by atoms with E-state index in [1.165, 1.54) is 0 Å². The van der Waals surface area contributed by atoms with Crippen LogP contribution in [0.1, 0.15) is 46.0 Å². The van der Waals surface area contributed by atoms with E-state index in [2.05, 4.69) is 4.90 Å². The van der Waals surface area contributed by atoms with Gasteiger partial charge in [0, 0.05) is 31.8 Å². The fourth-order valence-electron chi connectivity index (χ4n) is 2.31. The molecule has 0 amide bonds. The largest absolute Gasteiger partial charge is 0.466 e. The van der Waals surface area contributed by atoms with Crippen molar-refractivity contribution in [3.63, 3.8) is 0 Å². The van der Waals surface area contributed by atoms with Gasteiger partial charge in [-0.1, -0.05) is 13.3 Å². The van der Waals surface area contributed by atoms with Crippen LogP contribution in [0.2, 0.25) is 0 Å². The molecule has 1 aliphatic rings. The SMILES string of the molecule is CCOC(=O)CCCCCN1CCC(=O)C(C)C1. The van der Waals surface area contributed by atoms with Crippen molar-refractivity contribution in [1.29, 1.82) is 0 Å². The van der Waals surface area contributed by atoms with Crippen molar-refractivity contribution in [2.24, 2.45) is 5.92 Å². The second-order valence-corrected chi connectivity index (χ2v) is 5.03. The van der Waals surface area contributed by atoms with Crippen molar-refractivity contribution >= 4 is 11.8 Å². The molecule has 1 rings (SSSR count). The quantitative estimate of drug-likeness (QED) is 0.516. The van der Waals surface area contributed by atoms with Crippen LogP contribution < -0.4 is 0 Å². The van der Waals surface area contributed by atoms with Crippen LogP contribution in [-0.4, -0.2) is 42.9 Å². The molecule has 0 aromatic heterocycles. The lowest BCUT2D eigenvalue weighted by molar-refractivity contribution is -0.143. The number of ketones is 1. The number of carbonyl (C=O) groups excluding carboxylic acids is 2. The summed E-state index contributed by atoms with van der Waals surface area (Å²) in [6, 6.07) is 0. The highest BCUT2D eigenvalue weighted by Crippen LogP contribution is 2.13. The average molecular weight is 255 g/mol. The summed E-state index contributed by atoms with van der Waals surface area (Å²) in [5.41, 5.74) is 0. The topological polar surface area (TPSA) is 46.6 Å². The van der Waals surface area contributed by atoms with E-state index in [9.17, 15) is 9.59 Å². The first-order chi connectivity index (χ1) is 8.63. The summed E-state index contributed by atoms with van der Waals surface area (Å²) in [7, 11) is 0. The zero-order chi connectivity index (χ0) is 13.4. The molecule has 0 saturated carbocycles. The van der Waals surface area contributed by atoms with Crippen LogP contribution in [0.4, 0.5) is 0 Å². The number of ether oxygens (including phenoxy) is 1. The molecule has 4 nitrogen and oxygen atoms in total. The van der Waals surface area contributed by atoms with E-state index in [1.807, 2.05) is 13.8 Å². The molecule has 1 heterocycles. The average Bonchev–Trinajstić information content (AvgIpc) is 2.33. The van der Waals surface area contributed by atoms with Crippen LogP contribution in [0.3, 0.4) is 0 Å². The van der Waals surface area contributed by atoms with Gasteiger partial charge in [0.25, 0.3) is 0 Å². The van der Waals surface area contributed by atoms with E-state index in [-0.39, 0.29) is 11.9 Å². The molecule has 1 unspecified atom stereocenters. The summed E-state index contributed by atoms with van der Waals surface area (Å²) in [5.74, 6) is 0.501. The predicted octanol–water partition coefficient (Wildman–Crippen LogP) is 2.02. The number of nitrogens with zero attached hydrogens (tertiary/aromatic N) is 1. The number of Topliss-reactive ketones (excluding diaryl/α,β-unsaturated/α-hetero) is 1. The Morgan fingerprint density at radius 3 is 2.83 bits per heavy atom. The summed E-state index contributed by atoms with van der Waals surface area (Å²) in [5, 5.41) is 0. The first kappa shape index (κ1) is 15.2. The Labute approximate surface area is 110 Å². The Bertz CT molecular complexity index is 278. The van der Waals surface area contributed by atoms with Gasteiger partial charge in [0.1, 0.15) is 5.78 Å². The van der Waals surface area contributed by atoms with Crippen LogP contribution in [0.25, 0.3) is 0 Å². The van der Waals surface area contributed by atoms with E-state index >= 15 is 0 Å². The minimum absolute atomic E-state index is 0.0882. The van der Waals surface area contributed by atoms with Crippen molar-refractivity contribution in [1.82, 2.24) is 4.90 Å². The lowest BCUT2D eigenvalue weighted by atomic mass is 9.98. The number of hydrogen-bond donors (Lipinski definition) is 0. The maximum absolute atomic E-state index is 11.4. The van der Waals surface area contributed by atoms with Gasteiger partial charge >= 0.3 is 5.97 Å². The Kier molecular flexibility index (Phi) is 6.94. The van der Waals surface area contributed by atoms with Crippen LogP contribution >= 0.6 is 0 Å². The Morgan fingerprint density at radius 2 is 2.17 bits per heavy atom. The molecule has 1 aliphatic heterocycles. The molecule has 4 heteroatoms. The highest BCUT2D eigenvalue weighted by molar-refractivity contribution is 5.81. The highest BCUT2D eigenvalue weighted by atomic mass is 16.5. The molecule has 0 aliphatic carbocycles. The summed E-state index contributed by atoms with van der Waals surface area (Å²) in [4.78, 5) is 24.8. The zero-order valence-electron chi connectivity index (χ0n) is 11.6. The second-order valence-electron chi connectivity index (χ2n) is 5.03. The lowest BCUT2D eigenvalue weighted by Crippen LogP contribution is -2.39. The molecule has 1 atom stereocenters. The minimum Gasteiger partial charge on any atom is -0.466 e. The molecular formula is C14H25NO3. The molecule has 18 heavy (non-hydrogen) atoms. The van der Waals surface area contributed by atoms with Gasteiger partial charge in [0.05, 0.1) is 6.61 Å². The summed E-state index contributed by atoms with van der Waals surface area (Å²) >= 11 is 0. The van der Waals surface area contributed by atoms with Crippen LogP contribution in [-0.2, 0) is 14.3 Å². The van der Waals surface area contributed by atoms with Crippen molar-refractivity contribution in [3.8, 4) is 0 Å². The van der Waals surface area contributed by atoms with E-state index in [4.69, 9.17) is 4.74 Å². The van der Waals surface area contributed by atoms with Gasteiger partial charge < -0.3 is 9.64 Å². The van der Waals surface area contributed by atoms with E-state index in [0.717, 1.165) is 38.9 Å². The summed E-state index contributed by atoms with van der Waals surface area (Å²) in [6.45, 7) is 7.16. The molecule has 0 aromatic carbocycles. The number of piperidine rings is 1. The number of likely N-dealkylation sites (tertiary alicyclic amines) is 1. The van der Waals surface area contributed by atoms with E-state index in [1.54, 1.807) is 0 Å². The normalized spacial score (nSPS) is 21.0. The fraction of sp³-hybridized carbons (Fsp3) is 0.857. The Hall–Kier alpha value is -0.900. The summed E-state index contributed by atoms with van der Waals surface area (Å²) < 4.78 is 4.88. The fourth-order valence-corrected chi connectivity index (χ4v) is 2.31. The van der Waals surface area contributed by atoms with Gasteiger partial charge in [-0.2, -0.15) is 0 Å². The third-order valence-corrected chi connectivity index (χ3v) is 3.42. The van der Waals surface area contributed by atoms with Gasteiger partial charge in [-0.05, 0) is 26.3 Å². The Balaban J connectivity index is 2.01. The summed E-state index contributed by atoms with van der Waals surface area (Å²) in [6.07, 6.45) is 4.28. The Morgan fingerprint density at radius 1 is 1.39 bits per heavy atom. The third kappa shape index (κ3) is 5.63. The number of unbranched alkanes of at least 4 members (excludes halogenated alkanes) is 2. The third-order valence-electron chi connectivity index (χ3n) is 3.42. The second kappa shape index (κ2) is 8.25. The van der Waals surface area contributed by atoms with Gasteiger partial charge in [0.2, 0.25) is 0 Å². The molecule has 0 spiro atoms. The molecule has 0 N–H and O–H groups in total. The van der Waals surface area contributed by atoms with E-state index in [0.29, 0.717) is 25.2 Å². The maximum Gasteiger partial charge on any atom is 0.305 e. The van der Waals surface area contributed by atoms with Gasteiger partial charge in [-0.25, -0.2) is 0 Å². The molecular weight excluding hydrogens is 230 g/mol. The monoisotopic (exact) mass is 255 g/mol. The molecule has 1 fully saturated rings.